The summed E-state index contributed by atoms with van der Waals surface area (Å²) in [6.07, 6.45) is 0.441. The first-order valence-electron chi connectivity index (χ1n) is 7.01. The van der Waals surface area contributed by atoms with E-state index >= 15 is 0 Å². The molecule has 22 heavy (non-hydrogen) atoms. The normalized spacial score (nSPS) is 11.6. The van der Waals surface area contributed by atoms with Crippen LogP contribution in [-0.4, -0.2) is 49.0 Å². The molecule has 0 heterocycles. The molecular weight excluding hydrogens is 310 g/mol. The van der Waals surface area contributed by atoms with Crippen molar-refractivity contribution >= 4 is 21.4 Å². The van der Waals surface area contributed by atoms with Gasteiger partial charge in [0.15, 0.2) is 0 Å². The zero-order valence-corrected chi connectivity index (χ0v) is 13.5. The number of hydrogen-bond donors (Lipinski definition) is 2. The fourth-order valence-corrected chi connectivity index (χ4v) is 3.47. The highest BCUT2D eigenvalue weighted by molar-refractivity contribution is 7.89. The molecule has 2 N–H and O–H groups in total. The zero-order chi connectivity index (χ0) is 16.8. The van der Waals surface area contributed by atoms with Gasteiger partial charge in [0.25, 0.3) is 5.69 Å². The Balaban J connectivity index is 3.20. The van der Waals surface area contributed by atoms with Gasteiger partial charge in [-0.15, -0.1) is 0 Å². The van der Waals surface area contributed by atoms with Gasteiger partial charge >= 0.3 is 0 Å². The van der Waals surface area contributed by atoms with Crippen molar-refractivity contribution in [2.24, 2.45) is 0 Å². The second-order valence-electron chi connectivity index (χ2n) is 4.53. The lowest BCUT2D eigenvalue weighted by atomic mass is 10.2. The quantitative estimate of drug-likeness (QED) is 0.402. The summed E-state index contributed by atoms with van der Waals surface area (Å²) in [5.74, 6) is 0. The van der Waals surface area contributed by atoms with Crippen molar-refractivity contribution in [2.45, 2.75) is 25.2 Å². The van der Waals surface area contributed by atoms with Gasteiger partial charge in [0.2, 0.25) is 10.0 Å². The van der Waals surface area contributed by atoms with Crippen molar-refractivity contribution in [1.82, 2.24) is 4.31 Å². The van der Waals surface area contributed by atoms with E-state index in [1.54, 1.807) is 13.8 Å². The van der Waals surface area contributed by atoms with Crippen LogP contribution in [0.2, 0.25) is 0 Å². The summed E-state index contributed by atoms with van der Waals surface area (Å²) in [6, 6.07) is 3.79. The van der Waals surface area contributed by atoms with Crippen molar-refractivity contribution in [2.75, 3.05) is 31.6 Å². The van der Waals surface area contributed by atoms with Crippen LogP contribution >= 0.6 is 0 Å². The molecule has 9 heteroatoms. The molecule has 124 valence electrons. The molecule has 1 aromatic carbocycles. The largest absolute Gasteiger partial charge is 0.396 e. The second kappa shape index (κ2) is 8.06. The van der Waals surface area contributed by atoms with Crippen molar-refractivity contribution in [1.29, 1.82) is 0 Å². The summed E-state index contributed by atoms with van der Waals surface area (Å²) in [7, 11) is -3.74. The van der Waals surface area contributed by atoms with Gasteiger partial charge in [-0.2, -0.15) is 4.31 Å². The van der Waals surface area contributed by atoms with Gasteiger partial charge in [-0.05, 0) is 18.6 Å². The third-order valence-corrected chi connectivity index (χ3v) is 5.21. The molecule has 0 saturated heterocycles. The van der Waals surface area contributed by atoms with Crippen LogP contribution in [0.1, 0.15) is 20.3 Å². The lowest BCUT2D eigenvalue weighted by Crippen LogP contribution is -2.30. The average molecular weight is 331 g/mol. The van der Waals surface area contributed by atoms with Crippen LogP contribution in [0.15, 0.2) is 23.1 Å². The Bertz CT molecular complexity index is 614. The Morgan fingerprint density at radius 1 is 1.32 bits per heavy atom. The molecule has 0 amide bonds. The van der Waals surface area contributed by atoms with E-state index < -0.39 is 14.9 Å². The molecule has 1 rings (SSSR count). The van der Waals surface area contributed by atoms with Crippen molar-refractivity contribution < 1.29 is 18.4 Å². The van der Waals surface area contributed by atoms with Gasteiger partial charge in [-0.25, -0.2) is 8.42 Å². The third-order valence-electron chi connectivity index (χ3n) is 3.16. The van der Waals surface area contributed by atoms with Crippen LogP contribution in [0.5, 0.6) is 0 Å². The minimum atomic E-state index is -3.74. The number of sulfonamides is 1. The number of nitro benzene ring substituents is 1. The Kier molecular flexibility index (Phi) is 6.72. The molecule has 0 aliphatic carbocycles. The SMILES string of the molecule is CCN(CC)S(=O)(=O)c1ccc(NCCCO)c([N+](=O)[O-])c1. The molecule has 0 unspecified atom stereocenters. The van der Waals surface area contributed by atoms with E-state index in [0.29, 0.717) is 26.1 Å². The summed E-state index contributed by atoms with van der Waals surface area (Å²) in [5, 5.41) is 22.7. The summed E-state index contributed by atoms with van der Waals surface area (Å²) in [6.45, 7) is 4.33. The van der Waals surface area contributed by atoms with E-state index in [1.807, 2.05) is 0 Å². The fraction of sp³-hybridized carbons (Fsp3) is 0.538. The zero-order valence-electron chi connectivity index (χ0n) is 12.7. The maximum atomic E-state index is 12.4. The highest BCUT2D eigenvalue weighted by atomic mass is 32.2. The minimum absolute atomic E-state index is 0.0325. The number of hydrogen-bond acceptors (Lipinski definition) is 6. The third kappa shape index (κ3) is 4.15. The van der Waals surface area contributed by atoms with Gasteiger partial charge in [-0.1, -0.05) is 13.8 Å². The lowest BCUT2D eigenvalue weighted by Gasteiger charge is -2.18. The van der Waals surface area contributed by atoms with Gasteiger partial charge < -0.3 is 10.4 Å². The summed E-state index contributed by atoms with van der Waals surface area (Å²) in [5.41, 5.74) is -0.0666. The van der Waals surface area contributed by atoms with Gasteiger partial charge in [0.1, 0.15) is 5.69 Å². The van der Waals surface area contributed by atoms with Gasteiger partial charge in [0.05, 0.1) is 9.82 Å². The maximum absolute atomic E-state index is 12.4. The molecule has 0 aliphatic heterocycles. The number of aliphatic hydroxyl groups excluding tert-OH is 1. The molecule has 0 spiro atoms. The molecule has 0 fully saturated rings. The van der Waals surface area contributed by atoms with Gasteiger partial charge in [0, 0.05) is 32.3 Å². The Hall–Kier alpha value is -1.71. The smallest absolute Gasteiger partial charge is 0.293 e. The molecule has 0 aromatic heterocycles. The number of nitro groups is 1. The standard InChI is InChI=1S/C13H21N3O5S/c1-3-15(4-2)22(20,21)11-6-7-12(14-8-5-9-17)13(10-11)16(18)19/h6-7,10,14,17H,3-5,8-9H2,1-2H3. The molecule has 0 saturated carbocycles. The average Bonchev–Trinajstić information content (AvgIpc) is 2.48. The predicted octanol–water partition coefficient (Wildman–Crippen LogP) is 1.42. The van der Waals surface area contributed by atoms with Crippen molar-refractivity contribution in [3.63, 3.8) is 0 Å². The number of anilines is 1. The van der Waals surface area contributed by atoms with Crippen molar-refractivity contribution in [3.8, 4) is 0 Å². The molecule has 0 atom stereocenters. The maximum Gasteiger partial charge on any atom is 0.293 e. The van der Waals surface area contributed by atoms with Crippen LogP contribution in [0.4, 0.5) is 11.4 Å². The Labute approximate surface area is 130 Å². The number of aliphatic hydroxyl groups is 1. The summed E-state index contributed by atoms with van der Waals surface area (Å²) in [4.78, 5) is 10.4. The number of benzene rings is 1. The molecule has 0 bridgehead atoms. The van der Waals surface area contributed by atoms with Crippen LogP contribution in [0, 0.1) is 10.1 Å². The summed E-state index contributed by atoms with van der Waals surface area (Å²) >= 11 is 0. The van der Waals surface area contributed by atoms with Gasteiger partial charge in [-0.3, -0.25) is 10.1 Å². The van der Waals surface area contributed by atoms with Crippen LogP contribution < -0.4 is 5.32 Å². The second-order valence-corrected chi connectivity index (χ2v) is 6.47. The lowest BCUT2D eigenvalue weighted by molar-refractivity contribution is -0.384. The van der Waals surface area contributed by atoms with E-state index in [9.17, 15) is 18.5 Å². The highest BCUT2D eigenvalue weighted by Gasteiger charge is 2.25. The first-order chi connectivity index (χ1) is 10.4. The number of rotatable bonds is 9. The van der Waals surface area contributed by atoms with Crippen LogP contribution in [-0.2, 0) is 10.0 Å². The van der Waals surface area contributed by atoms with E-state index in [1.165, 1.54) is 16.4 Å². The first kappa shape index (κ1) is 18.3. The van der Waals surface area contributed by atoms with E-state index in [4.69, 9.17) is 5.11 Å². The van der Waals surface area contributed by atoms with E-state index in [0.717, 1.165) is 6.07 Å². The van der Waals surface area contributed by atoms with E-state index in [2.05, 4.69) is 5.32 Å². The molecule has 1 aromatic rings. The predicted molar refractivity (Wildman–Crippen MR) is 83.4 cm³/mol. The monoisotopic (exact) mass is 331 g/mol. The molecular formula is C13H21N3O5S. The summed E-state index contributed by atoms with van der Waals surface area (Å²) < 4.78 is 26.0. The van der Waals surface area contributed by atoms with Crippen molar-refractivity contribution in [3.05, 3.63) is 28.3 Å². The van der Waals surface area contributed by atoms with E-state index in [-0.39, 0.29) is 22.9 Å². The van der Waals surface area contributed by atoms with Crippen LogP contribution in [0.25, 0.3) is 0 Å². The minimum Gasteiger partial charge on any atom is -0.396 e. The first-order valence-corrected chi connectivity index (χ1v) is 8.45. The molecule has 0 radical (unpaired) electrons. The molecule has 8 nitrogen and oxygen atoms in total. The fourth-order valence-electron chi connectivity index (χ4n) is 1.99. The highest BCUT2D eigenvalue weighted by Crippen LogP contribution is 2.28. The number of nitrogens with one attached hydrogen (secondary N) is 1. The molecule has 0 aliphatic rings. The van der Waals surface area contributed by atoms with Crippen LogP contribution in [0.3, 0.4) is 0 Å². The Morgan fingerprint density at radius 3 is 2.45 bits per heavy atom. The Morgan fingerprint density at radius 2 is 1.95 bits per heavy atom. The number of nitrogens with zero attached hydrogens (tertiary/aromatic N) is 2. The topological polar surface area (TPSA) is 113 Å².